The third-order valence-electron chi connectivity index (χ3n) is 3.95. The fraction of sp³-hybridized carbons (Fsp3) is 0.312. The maximum atomic E-state index is 12.6. The molecule has 1 aliphatic heterocycles. The summed E-state index contributed by atoms with van der Waals surface area (Å²) < 4.78 is 0.811. The van der Waals surface area contributed by atoms with Crippen LogP contribution in [0, 0.1) is 5.21 Å². The second-order valence-electron chi connectivity index (χ2n) is 5.25. The average Bonchev–Trinajstić information content (AvgIpc) is 2.59. The van der Waals surface area contributed by atoms with E-state index in [1.165, 1.54) is 6.20 Å². The molecule has 1 unspecified atom stereocenters. The van der Waals surface area contributed by atoms with Crippen LogP contribution in [0.1, 0.15) is 47.4 Å². The van der Waals surface area contributed by atoms with Gasteiger partial charge in [-0.15, -0.1) is 0 Å². The SMILES string of the molecule is CCCC1c2ncccc2N(C)C(=O)c2ccc[n+]([O-])c21. The molecule has 0 radical (unpaired) electrons. The maximum absolute atomic E-state index is 12.6. The van der Waals surface area contributed by atoms with Crippen LogP contribution >= 0.6 is 0 Å². The van der Waals surface area contributed by atoms with Crippen molar-refractivity contribution in [1.29, 1.82) is 0 Å². The number of anilines is 1. The van der Waals surface area contributed by atoms with Gasteiger partial charge in [-0.05, 0) is 24.6 Å². The van der Waals surface area contributed by atoms with Gasteiger partial charge in [-0.2, -0.15) is 4.73 Å². The standard InChI is InChI=1S/C16H17N3O2/c1-3-6-11-14-13(8-4-9-17-14)18(2)16(20)12-7-5-10-19(21)15(11)12/h4-5,7-11H,3,6H2,1-2H3. The van der Waals surface area contributed by atoms with Crippen LogP contribution in [-0.4, -0.2) is 17.9 Å². The van der Waals surface area contributed by atoms with Gasteiger partial charge in [-0.1, -0.05) is 13.3 Å². The summed E-state index contributed by atoms with van der Waals surface area (Å²) in [6.07, 6.45) is 4.85. The number of amides is 1. The van der Waals surface area contributed by atoms with Crippen molar-refractivity contribution in [3.8, 4) is 0 Å². The molecule has 0 aliphatic carbocycles. The van der Waals surface area contributed by atoms with E-state index >= 15 is 0 Å². The molecule has 0 saturated carbocycles. The predicted molar refractivity (Wildman–Crippen MR) is 79.1 cm³/mol. The number of hydrogen-bond acceptors (Lipinski definition) is 3. The Hall–Kier alpha value is -2.43. The minimum absolute atomic E-state index is 0.159. The normalized spacial score (nSPS) is 17.1. The highest BCUT2D eigenvalue weighted by Gasteiger charge is 2.36. The van der Waals surface area contributed by atoms with Crippen LogP contribution in [0.2, 0.25) is 0 Å². The average molecular weight is 283 g/mol. The van der Waals surface area contributed by atoms with E-state index < -0.39 is 0 Å². The zero-order chi connectivity index (χ0) is 15.0. The highest BCUT2D eigenvalue weighted by atomic mass is 16.5. The monoisotopic (exact) mass is 283 g/mol. The second-order valence-corrected chi connectivity index (χ2v) is 5.25. The van der Waals surface area contributed by atoms with E-state index in [4.69, 9.17) is 0 Å². The van der Waals surface area contributed by atoms with Crippen molar-refractivity contribution < 1.29 is 9.52 Å². The van der Waals surface area contributed by atoms with Gasteiger partial charge < -0.3 is 10.1 Å². The Bertz CT molecular complexity index is 700. The van der Waals surface area contributed by atoms with E-state index in [1.807, 2.05) is 12.1 Å². The van der Waals surface area contributed by atoms with Gasteiger partial charge in [0.15, 0.2) is 6.20 Å². The first-order valence-corrected chi connectivity index (χ1v) is 7.10. The number of pyridine rings is 2. The molecular formula is C16H17N3O2. The lowest BCUT2D eigenvalue weighted by Crippen LogP contribution is -2.36. The molecule has 2 aromatic heterocycles. The van der Waals surface area contributed by atoms with Gasteiger partial charge >= 0.3 is 0 Å². The van der Waals surface area contributed by atoms with Crippen LogP contribution < -0.4 is 9.63 Å². The number of aromatic nitrogens is 2. The Kier molecular flexibility index (Phi) is 3.33. The molecule has 0 fully saturated rings. The zero-order valence-corrected chi connectivity index (χ0v) is 12.1. The quantitative estimate of drug-likeness (QED) is 0.627. The zero-order valence-electron chi connectivity index (χ0n) is 12.1. The van der Waals surface area contributed by atoms with Crippen LogP contribution in [0.4, 0.5) is 5.69 Å². The van der Waals surface area contributed by atoms with Gasteiger partial charge in [0.1, 0.15) is 5.56 Å². The minimum atomic E-state index is -0.164. The predicted octanol–water partition coefficient (Wildman–Crippen LogP) is 2.24. The lowest BCUT2D eigenvalue weighted by atomic mass is 9.92. The molecule has 0 bridgehead atoms. The van der Waals surface area contributed by atoms with Crippen molar-refractivity contribution in [3.63, 3.8) is 0 Å². The molecule has 21 heavy (non-hydrogen) atoms. The Labute approximate surface area is 123 Å². The van der Waals surface area contributed by atoms with Crippen molar-refractivity contribution >= 4 is 11.6 Å². The largest absolute Gasteiger partial charge is 0.618 e. The summed E-state index contributed by atoms with van der Waals surface area (Å²) in [6.45, 7) is 2.07. The number of hydrogen-bond donors (Lipinski definition) is 0. The van der Waals surface area contributed by atoms with E-state index in [2.05, 4.69) is 11.9 Å². The molecule has 108 valence electrons. The van der Waals surface area contributed by atoms with E-state index in [0.29, 0.717) is 11.3 Å². The van der Waals surface area contributed by atoms with E-state index in [-0.39, 0.29) is 11.8 Å². The molecular weight excluding hydrogens is 266 g/mol. The van der Waals surface area contributed by atoms with E-state index in [1.54, 1.807) is 30.3 Å². The van der Waals surface area contributed by atoms with Crippen LogP contribution in [-0.2, 0) is 0 Å². The summed E-state index contributed by atoms with van der Waals surface area (Å²) in [6, 6.07) is 7.03. The number of carbonyl (C=O) groups is 1. The van der Waals surface area contributed by atoms with Crippen molar-refractivity contribution in [1.82, 2.24) is 4.98 Å². The molecule has 0 spiro atoms. The lowest BCUT2D eigenvalue weighted by molar-refractivity contribution is -0.615. The second kappa shape index (κ2) is 5.16. The summed E-state index contributed by atoms with van der Waals surface area (Å²) >= 11 is 0. The third kappa shape index (κ3) is 2.05. The Morgan fingerprint density at radius 1 is 1.38 bits per heavy atom. The van der Waals surface area contributed by atoms with Crippen LogP contribution in [0.3, 0.4) is 0 Å². The van der Waals surface area contributed by atoms with Crippen LogP contribution in [0.15, 0.2) is 36.7 Å². The molecule has 1 atom stereocenters. The molecule has 2 aromatic rings. The van der Waals surface area contributed by atoms with E-state index in [0.717, 1.165) is 29.0 Å². The molecule has 1 amide bonds. The van der Waals surface area contributed by atoms with Gasteiger partial charge in [0.05, 0.1) is 17.3 Å². The third-order valence-corrected chi connectivity index (χ3v) is 3.95. The smallest absolute Gasteiger partial charge is 0.264 e. The maximum Gasteiger partial charge on any atom is 0.264 e. The van der Waals surface area contributed by atoms with Gasteiger partial charge in [-0.3, -0.25) is 9.78 Å². The van der Waals surface area contributed by atoms with Crippen molar-refractivity contribution in [2.45, 2.75) is 25.7 Å². The first-order valence-electron chi connectivity index (χ1n) is 7.10. The first kappa shape index (κ1) is 13.5. The minimum Gasteiger partial charge on any atom is -0.618 e. The molecule has 5 heteroatoms. The highest BCUT2D eigenvalue weighted by molar-refractivity contribution is 6.07. The van der Waals surface area contributed by atoms with Gasteiger partial charge in [0.25, 0.3) is 5.91 Å². The topological polar surface area (TPSA) is 60.1 Å². The summed E-state index contributed by atoms with van der Waals surface area (Å²) in [4.78, 5) is 18.7. The fourth-order valence-electron chi connectivity index (χ4n) is 2.97. The van der Waals surface area contributed by atoms with Crippen molar-refractivity contribution in [3.05, 3.63) is 58.8 Å². The number of fused-ring (bicyclic) bond motifs is 2. The number of rotatable bonds is 2. The van der Waals surface area contributed by atoms with E-state index in [9.17, 15) is 10.0 Å². The van der Waals surface area contributed by atoms with Crippen LogP contribution in [0.25, 0.3) is 0 Å². The molecule has 0 aromatic carbocycles. The molecule has 3 rings (SSSR count). The summed E-state index contributed by atoms with van der Waals surface area (Å²) in [5.41, 5.74) is 2.54. The molecule has 3 heterocycles. The first-order chi connectivity index (χ1) is 10.1. The highest BCUT2D eigenvalue weighted by Crippen LogP contribution is 2.37. The molecule has 5 nitrogen and oxygen atoms in total. The number of nitrogens with zero attached hydrogens (tertiary/aromatic N) is 3. The number of carbonyl (C=O) groups excluding carboxylic acids is 1. The molecule has 0 saturated heterocycles. The summed E-state index contributed by atoms with van der Waals surface area (Å²) in [7, 11) is 1.73. The summed E-state index contributed by atoms with van der Waals surface area (Å²) in [5, 5.41) is 12.3. The Balaban J connectivity index is 2.33. The van der Waals surface area contributed by atoms with Crippen molar-refractivity contribution in [2.24, 2.45) is 0 Å². The Morgan fingerprint density at radius 2 is 2.19 bits per heavy atom. The molecule has 0 N–H and O–H groups in total. The summed E-state index contributed by atoms with van der Waals surface area (Å²) in [5.74, 6) is -0.322. The van der Waals surface area contributed by atoms with Crippen molar-refractivity contribution in [2.75, 3.05) is 11.9 Å². The van der Waals surface area contributed by atoms with Gasteiger partial charge in [-0.25, -0.2) is 0 Å². The lowest BCUT2D eigenvalue weighted by Gasteiger charge is -2.18. The van der Waals surface area contributed by atoms with Crippen LogP contribution in [0.5, 0.6) is 0 Å². The van der Waals surface area contributed by atoms with Gasteiger partial charge in [0.2, 0.25) is 5.69 Å². The fourth-order valence-corrected chi connectivity index (χ4v) is 2.97. The van der Waals surface area contributed by atoms with Gasteiger partial charge in [0, 0.05) is 19.3 Å². The molecule has 1 aliphatic rings. The Morgan fingerprint density at radius 3 is 2.95 bits per heavy atom.